The number of aromatic nitrogens is 1. The molecule has 0 spiro atoms. The second-order valence-electron chi connectivity index (χ2n) is 3.25. The van der Waals surface area contributed by atoms with Gasteiger partial charge in [-0.25, -0.2) is 4.98 Å². The van der Waals surface area contributed by atoms with Gasteiger partial charge in [0.2, 0.25) is 0 Å². The number of ether oxygens (including phenoxy) is 1. The average Bonchev–Trinajstić information content (AvgIpc) is 2.26. The van der Waals surface area contributed by atoms with Gasteiger partial charge in [-0.2, -0.15) is 5.26 Å². The van der Waals surface area contributed by atoms with Gasteiger partial charge in [0.15, 0.2) is 0 Å². The van der Waals surface area contributed by atoms with E-state index in [9.17, 15) is 0 Å². The lowest BCUT2D eigenvalue weighted by atomic mass is 10.3. The van der Waals surface area contributed by atoms with Crippen molar-refractivity contribution in [2.24, 2.45) is 0 Å². The minimum Gasteiger partial charge on any atom is -0.380 e. The molecule has 0 bridgehead atoms. The molecule has 0 amide bonds. The summed E-state index contributed by atoms with van der Waals surface area (Å²) in [4.78, 5) is 4.12. The van der Waals surface area contributed by atoms with Crippen LogP contribution in [0.3, 0.4) is 0 Å². The van der Waals surface area contributed by atoms with Gasteiger partial charge in [-0.3, -0.25) is 0 Å². The smallest absolute Gasteiger partial charge is 0.127 e. The summed E-state index contributed by atoms with van der Waals surface area (Å²) in [6.45, 7) is 5.31. The van der Waals surface area contributed by atoms with E-state index in [4.69, 9.17) is 10.00 Å². The molecule has 0 saturated carbocycles. The molecule has 0 aliphatic heterocycles. The van der Waals surface area contributed by atoms with Crippen LogP contribution >= 0.6 is 0 Å². The monoisotopic (exact) mass is 205 g/mol. The van der Waals surface area contributed by atoms with Crippen molar-refractivity contribution in [3.05, 3.63) is 23.9 Å². The van der Waals surface area contributed by atoms with E-state index in [1.807, 2.05) is 13.8 Å². The Morgan fingerprint density at radius 3 is 3.13 bits per heavy atom. The molecule has 1 aromatic heterocycles. The first-order valence-electron chi connectivity index (χ1n) is 4.96. The van der Waals surface area contributed by atoms with Crippen LogP contribution in [0.15, 0.2) is 18.3 Å². The van der Waals surface area contributed by atoms with E-state index in [-0.39, 0.29) is 6.04 Å². The van der Waals surface area contributed by atoms with Gasteiger partial charge < -0.3 is 10.1 Å². The Kier molecular flexibility index (Phi) is 4.58. The summed E-state index contributed by atoms with van der Waals surface area (Å²) < 4.78 is 5.27. The van der Waals surface area contributed by atoms with Gasteiger partial charge in [-0.05, 0) is 26.0 Å². The summed E-state index contributed by atoms with van der Waals surface area (Å²) in [5.74, 6) is 0.709. The molecule has 15 heavy (non-hydrogen) atoms. The van der Waals surface area contributed by atoms with Gasteiger partial charge in [-0.1, -0.05) is 0 Å². The number of rotatable bonds is 5. The summed E-state index contributed by atoms with van der Waals surface area (Å²) in [6.07, 6.45) is 1.62. The Balaban J connectivity index is 2.53. The van der Waals surface area contributed by atoms with Crippen LogP contribution in [-0.4, -0.2) is 24.2 Å². The van der Waals surface area contributed by atoms with Crippen LogP contribution in [0.1, 0.15) is 19.4 Å². The first-order chi connectivity index (χ1) is 7.26. The molecule has 1 rings (SSSR count). The SMILES string of the molecule is CCOCC(C)Nc1cc(C#N)ccn1. The van der Waals surface area contributed by atoms with Crippen LogP contribution in [0.25, 0.3) is 0 Å². The van der Waals surface area contributed by atoms with Crippen LogP contribution in [0.2, 0.25) is 0 Å². The van der Waals surface area contributed by atoms with Crippen molar-refractivity contribution >= 4 is 5.82 Å². The van der Waals surface area contributed by atoms with Crippen molar-refractivity contribution < 1.29 is 4.74 Å². The zero-order valence-electron chi connectivity index (χ0n) is 9.03. The molecular weight excluding hydrogens is 190 g/mol. The number of nitriles is 1. The number of anilines is 1. The Bertz CT molecular complexity index is 346. The molecule has 1 aromatic rings. The fourth-order valence-electron chi connectivity index (χ4n) is 1.17. The third kappa shape index (κ3) is 3.96. The molecule has 0 fully saturated rings. The molecule has 0 aliphatic rings. The highest BCUT2D eigenvalue weighted by Crippen LogP contribution is 2.07. The Hall–Kier alpha value is -1.60. The molecule has 0 aromatic carbocycles. The maximum Gasteiger partial charge on any atom is 0.127 e. The summed E-state index contributed by atoms with van der Waals surface area (Å²) in [6, 6.07) is 5.66. The fourth-order valence-corrected chi connectivity index (χ4v) is 1.17. The Morgan fingerprint density at radius 2 is 2.47 bits per heavy atom. The first kappa shape index (κ1) is 11.5. The Morgan fingerprint density at radius 1 is 1.67 bits per heavy atom. The summed E-state index contributed by atoms with van der Waals surface area (Å²) in [5.41, 5.74) is 0.608. The van der Waals surface area contributed by atoms with Crippen LogP contribution in [0.5, 0.6) is 0 Å². The number of nitrogens with one attached hydrogen (secondary N) is 1. The second kappa shape index (κ2) is 5.99. The van der Waals surface area contributed by atoms with Crippen molar-refractivity contribution in [2.45, 2.75) is 19.9 Å². The molecule has 0 saturated heterocycles. The summed E-state index contributed by atoms with van der Waals surface area (Å²) in [7, 11) is 0. The van der Waals surface area contributed by atoms with Crippen molar-refractivity contribution in [3.63, 3.8) is 0 Å². The van der Waals surface area contributed by atoms with E-state index < -0.39 is 0 Å². The summed E-state index contributed by atoms with van der Waals surface area (Å²) >= 11 is 0. The van der Waals surface area contributed by atoms with Gasteiger partial charge in [0.1, 0.15) is 5.82 Å². The number of pyridine rings is 1. The van der Waals surface area contributed by atoms with E-state index >= 15 is 0 Å². The van der Waals surface area contributed by atoms with Crippen molar-refractivity contribution in [1.82, 2.24) is 4.98 Å². The van der Waals surface area contributed by atoms with E-state index in [2.05, 4.69) is 16.4 Å². The average molecular weight is 205 g/mol. The second-order valence-corrected chi connectivity index (χ2v) is 3.25. The van der Waals surface area contributed by atoms with Crippen molar-refractivity contribution in [3.8, 4) is 6.07 Å². The molecule has 4 heteroatoms. The van der Waals surface area contributed by atoms with Crippen LogP contribution < -0.4 is 5.32 Å². The predicted molar refractivity (Wildman–Crippen MR) is 58.5 cm³/mol. The molecule has 4 nitrogen and oxygen atoms in total. The van der Waals surface area contributed by atoms with E-state index in [1.54, 1.807) is 18.3 Å². The number of nitrogens with zero attached hydrogens (tertiary/aromatic N) is 2. The molecule has 1 heterocycles. The molecule has 0 radical (unpaired) electrons. The first-order valence-corrected chi connectivity index (χ1v) is 4.96. The molecule has 1 atom stereocenters. The standard InChI is InChI=1S/C11H15N3O/c1-3-15-8-9(2)14-11-6-10(7-12)4-5-13-11/h4-6,9H,3,8H2,1-2H3,(H,13,14). The van der Waals surface area contributed by atoms with E-state index in [0.29, 0.717) is 24.6 Å². The van der Waals surface area contributed by atoms with Gasteiger partial charge in [0.25, 0.3) is 0 Å². The zero-order valence-corrected chi connectivity index (χ0v) is 9.03. The number of hydrogen-bond donors (Lipinski definition) is 1. The topological polar surface area (TPSA) is 57.9 Å². The number of hydrogen-bond acceptors (Lipinski definition) is 4. The highest BCUT2D eigenvalue weighted by molar-refractivity contribution is 5.42. The maximum atomic E-state index is 8.71. The molecule has 80 valence electrons. The quantitative estimate of drug-likeness (QED) is 0.796. The molecule has 0 aliphatic carbocycles. The fraction of sp³-hybridized carbons (Fsp3) is 0.455. The van der Waals surface area contributed by atoms with Gasteiger partial charge in [0, 0.05) is 18.8 Å². The lowest BCUT2D eigenvalue weighted by Gasteiger charge is -2.13. The largest absolute Gasteiger partial charge is 0.380 e. The van der Waals surface area contributed by atoms with Crippen LogP contribution in [-0.2, 0) is 4.74 Å². The van der Waals surface area contributed by atoms with E-state index in [0.717, 1.165) is 0 Å². The minimum absolute atomic E-state index is 0.186. The van der Waals surface area contributed by atoms with Gasteiger partial charge >= 0.3 is 0 Å². The zero-order chi connectivity index (χ0) is 11.1. The highest BCUT2D eigenvalue weighted by atomic mass is 16.5. The minimum atomic E-state index is 0.186. The lowest BCUT2D eigenvalue weighted by molar-refractivity contribution is 0.141. The maximum absolute atomic E-state index is 8.71. The van der Waals surface area contributed by atoms with Crippen LogP contribution in [0, 0.1) is 11.3 Å². The van der Waals surface area contributed by atoms with Crippen molar-refractivity contribution in [2.75, 3.05) is 18.5 Å². The summed E-state index contributed by atoms with van der Waals surface area (Å²) in [5, 5.41) is 11.9. The van der Waals surface area contributed by atoms with E-state index in [1.165, 1.54) is 0 Å². The highest BCUT2D eigenvalue weighted by Gasteiger charge is 2.02. The Labute approximate surface area is 89.9 Å². The lowest BCUT2D eigenvalue weighted by Crippen LogP contribution is -2.22. The van der Waals surface area contributed by atoms with Crippen molar-refractivity contribution in [1.29, 1.82) is 5.26 Å². The normalized spacial score (nSPS) is 11.8. The third-order valence-electron chi connectivity index (χ3n) is 1.86. The molecule has 1 unspecified atom stereocenters. The molecule has 1 N–H and O–H groups in total. The third-order valence-corrected chi connectivity index (χ3v) is 1.86. The van der Waals surface area contributed by atoms with Gasteiger partial charge in [0.05, 0.1) is 18.2 Å². The van der Waals surface area contributed by atoms with Gasteiger partial charge in [-0.15, -0.1) is 0 Å². The molecular formula is C11H15N3O. The van der Waals surface area contributed by atoms with Crippen LogP contribution in [0.4, 0.5) is 5.82 Å². The predicted octanol–water partition coefficient (Wildman–Crippen LogP) is 1.79.